The van der Waals surface area contributed by atoms with E-state index in [1.165, 1.54) is 0 Å². The number of rotatable bonds is 9. The van der Waals surface area contributed by atoms with Gasteiger partial charge in [-0.15, -0.1) is 0 Å². The number of fused-ring (bicyclic) bond motifs is 3. The van der Waals surface area contributed by atoms with E-state index in [4.69, 9.17) is 4.74 Å². The van der Waals surface area contributed by atoms with E-state index in [-0.39, 0.29) is 24.3 Å². The van der Waals surface area contributed by atoms with Crippen molar-refractivity contribution >= 4 is 12.0 Å². The predicted octanol–water partition coefficient (Wildman–Crippen LogP) is 5.49. The lowest BCUT2D eigenvalue weighted by molar-refractivity contribution is -0.125. The van der Waals surface area contributed by atoms with Crippen LogP contribution in [-0.2, 0) is 9.53 Å². The predicted molar refractivity (Wildman–Crippen MR) is 145 cm³/mol. The molecule has 4 atom stereocenters. The van der Waals surface area contributed by atoms with Gasteiger partial charge in [0.1, 0.15) is 12.6 Å². The van der Waals surface area contributed by atoms with Gasteiger partial charge in [0.05, 0.1) is 12.1 Å². The van der Waals surface area contributed by atoms with Crippen LogP contribution in [0.4, 0.5) is 4.79 Å². The average molecular weight is 501 g/mol. The van der Waals surface area contributed by atoms with Gasteiger partial charge in [0.15, 0.2) is 0 Å². The summed E-state index contributed by atoms with van der Waals surface area (Å²) in [6.45, 7) is 7.79. The fraction of sp³-hybridized carbons (Fsp3) is 0.355. The van der Waals surface area contributed by atoms with Gasteiger partial charge in [-0.25, -0.2) is 4.79 Å². The Bertz CT molecular complexity index is 1190. The van der Waals surface area contributed by atoms with Crippen molar-refractivity contribution in [2.45, 2.75) is 58.2 Å². The van der Waals surface area contributed by atoms with Crippen molar-refractivity contribution in [2.75, 3.05) is 6.61 Å². The molecule has 6 nitrogen and oxygen atoms in total. The molecule has 0 saturated heterocycles. The first kappa shape index (κ1) is 26.4. The molecule has 37 heavy (non-hydrogen) atoms. The van der Waals surface area contributed by atoms with Crippen LogP contribution >= 0.6 is 0 Å². The van der Waals surface area contributed by atoms with Gasteiger partial charge in [-0.1, -0.05) is 98.6 Å². The van der Waals surface area contributed by atoms with Crippen LogP contribution in [0, 0.1) is 12.8 Å². The van der Waals surface area contributed by atoms with Crippen LogP contribution in [0.15, 0.2) is 72.8 Å². The summed E-state index contributed by atoms with van der Waals surface area (Å²) in [5.41, 5.74) is 6.40. The zero-order valence-electron chi connectivity index (χ0n) is 21.9. The van der Waals surface area contributed by atoms with E-state index < -0.39 is 24.3 Å². The summed E-state index contributed by atoms with van der Waals surface area (Å²) in [6.07, 6.45) is -0.804. The fourth-order valence-electron chi connectivity index (χ4n) is 4.91. The minimum absolute atomic E-state index is 0.0568. The van der Waals surface area contributed by atoms with Gasteiger partial charge in [0.2, 0.25) is 5.91 Å². The molecule has 4 rings (SSSR count). The number of hydrogen-bond acceptors (Lipinski definition) is 4. The molecule has 0 unspecified atom stereocenters. The summed E-state index contributed by atoms with van der Waals surface area (Å²) in [5.74, 6) is -0.524. The monoisotopic (exact) mass is 500 g/mol. The van der Waals surface area contributed by atoms with Gasteiger partial charge in [0, 0.05) is 5.92 Å². The molecule has 1 aliphatic carbocycles. The van der Waals surface area contributed by atoms with Crippen LogP contribution in [0.5, 0.6) is 0 Å². The lowest BCUT2D eigenvalue weighted by Crippen LogP contribution is -2.53. The second kappa shape index (κ2) is 11.6. The summed E-state index contributed by atoms with van der Waals surface area (Å²) < 4.78 is 5.67. The van der Waals surface area contributed by atoms with E-state index in [0.717, 1.165) is 33.4 Å². The standard InChI is InChI=1S/C31H36N2O4/c1-5-20(3)28(30(35)32-21(4)29(34)22-16-14-19(2)15-17-22)33-31(36)37-18-27-25-12-8-6-10-23(25)24-11-7-9-13-26(24)27/h6-17,20-21,27-29,34H,5,18H2,1-4H3,(H,32,35)(H,33,36)/t20-,21-,28-,29+/m0/s1. The van der Waals surface area contributed by atoms with Crippen LogP contribution in [0.25, 0.3) is 11.1 Å². The highest BCUT2D eigenvalue weighted by Gasteiger charge is 2.32. The van der Waals surface area contributed by atoms with Crippen molar-refractivity contribution in [3.8, 4) is 11.1 Å². The highest BCUT2D eigenvalue weighted by Crippen LogP contribution is 2.44. The number of hydrogen-bond donors (Lipinski definition) is 3. The highest BCUT2D eigenvalue weighted by atomic mass is 16.5. The molecule has 3 aromatic rings. The Morgan fingerprint density at radius 2 is 1.46 bits per heavy atom. The van der Waals surface area contributed by atoms with Crippen molar-refractivity contribution in [3.05, 3.63) is 95.1 Å². The molecular weight excluding hydrogens is 464 g/mol. The van der Waals surface area contributed by atoms with Crippen molar-refractivity contribution in [2.24, 2.45) is 5.92 Å². The summed E-state index contributed by atoms with van der Waals surface area (Å²) in [7, 11) is 0. The van der Waals surface area contributed by atoms with Gasteiger partial charge in [-0.2, -0.15) is 0 Å². The van der Waals surface area contributed by atoms with E-state index >= 15 is 0 Å². The largest absolute Gasteiger partial charge is 0.449 e. The maximum Gasteiger partial charge on any atom is 0.407 e. The van der Waals surface area contributed by atoms with Crippen LogP contribution in [0.2, 0.25) is 0 Å². The Morgan fingerprint density at radius 1 is 0.892 bits per heavy atom. The van der Waals surface area contributed by atoms with E-state index in [0.29, 0.717) is 6.42 Å². The molecule has 0 spiro atoms. The summed E-state index contributed by atoms with van der Waals surface area (Å²) in [4.78, 5) is 26.0. The van der Waals surface area contributed by atoms with E-state index in [2.05, 4.69) is 34.9 Å². The molecule has 0 fully saturated rings. The van der Waals surface area contributed by atoms with Gasteiger partial charge >= 0.3 is 6.09 Å². The molecular formula is C31H36N2O4. The lowest BCUT2D eigenvalue weighted by atomic mass is 9.97. The second-order valence-corrected chi connectivity index (χ2v) is 9.99. The topological polar surface area (TPSA) is 87.7 Å². The maximum absolute atomic E-state index is 13.2. The van der Waals surface area contributed by atoms with Crippen molar-refractivity contribution < 1.29 is 19.4 Å². The quantitative estimate of drug-likeness (QED) is 0.363. The molecule has 194 valence electrons. The number of aryl methyl sites for hydroxylation is 1. The Balaban J connectivity index is 1.39. The zero-order valence-corrected chi connectivity index (χ0v) is 21.9. The Kier molecular flexibility index (Phi) is 8.29. The minimum atomic E-state index is -0.864. The van der Waals surface area contributed by atoms with Crippen molar-refractivity contribution in [1.82, 2.24) is 10.6 Å². The first-order chi connectivity index (χ1) is 17.8. The third-order valence-electron chi connectivity index (χ3n) is 7.37. The highest BCUT2D eigenvalue weighted by molar-refractivity contribution is 5.86. The number of carbonyl (C=O) groups excluding carboxylic acids is 2. The fourth-order valence-corrected chi connectivity index (χ4v) is 4.91. The van der Waals surface area contributed by atoms with Gasteiger partial charge in [0.25, 0.3) is 0 Å². The van der Waals surface area contributed by atoms with Crippen LogP contribution < -0.4 is 10.6 Å². The number of ether oxygens (including phenoxy) is 1. The number of aliphatic hydroxyl groups excluding tert-OH is 1. The summed E-state index contributed by atoms with van der Waals surface area (Å²) in [5, 5.41) is 16.4. The van der Waals surface area contributed by atoms with Crippen molar-refractivity contribution in [3.63, 3.8) is 0 Å². The normalized spacial score (nSPS) is 15.6. The SMILES string of the molecule is CC[C@H](C)[C@H](NC(=O)OCC1c2ccccc2-c2ccccc21)C(=O)N[C@@H](C)[C@@H](O)c1ccc(C)cc1. The smallest absolute Gasteiger partial charge is 0.407 e. The van der Waals surface area contributed by atoms with E-state index in [1.54, 1.807) is 6.92 Å². The van der Waals surface area contributed by atoms with Crippen LogP contribution in [0.1, 0.15) is 61.5 Å². The number of benzene rings is 3. The molecule has 1 aliphatic rings. The minimum Gasteiger partial charge on any atom is -0.449 e. The lowest BCUT2D eigenvalue weighted by Gasteiger charge is -2.27. The van der Waals surface area contributed by atoms with Gasteiger partial charge < -0.3 is 20.5 Å². The van der Waals surface area contributed by atoms with Crippen LogP contribution in [-0.4, -0.2) is 35.8 Å². The molecule has 2 amide bonds. The Hall–Kier alpha value is -3.64. The molecule has 0 heterocycles. The van der Waals surface area contributed by atoms with Gasteiger partial charge in [-0.3, -0.25) is 4.79 Å². The third kappa shape index (κ3) is 5.86. The summed E-state index contributed by atoms with van der Waals surface area (Å²) >= 11 is 0. The first-order valence-corrected chi connectivity index (χ1v) is 13.0. The number of alkyl carbamates (subject to hydrolysis) is 1. The third-order valence-corrected chi connectivity index (χ3v) is 7.37. The number of aliphatic hydroxyl groups is 1. The zero-order chi connectivity index (χ0) is 26.5. The number of amides is 2. The molecule has 3 N–H and O–H groups in total. The molecule has 6 heteroatoms. The molecule has 0 saturated carbocycles. The number of nitrogens with one attached hydrogen (secondary N) is 2. The van der Waals surface area contributed by atoms with Crippen molar-refractivity contribution in [1.29, 1.82) is 0 Å². The molecule has 0 radical (unpaired) electrons. The van der Waals surface area contributed by atoms with E-state index in [1.807, 2.05) is 69.3 Å². The summed E-state index contributed by atoms with van der Waals surface area (Å²) in [6, 6.07) is 22.5. The first-order valence-electron chi connectivity index (χ1n) is 13.0. The Labute approximate surface area is 219 Å². The molecule has 0 aliphatic heterocycles. The Morgan fingerprint density at radius 3 is 2.03 bits per heavy atom. The molecule has 0 bridgehead atoms. The second-order valence-electron chi connectivity index (χ2n) is 9.99. The number of carbonyl (C=O) groups is 2. The molecule has 0 aromatic heterocycles. The van der Waals surface area contributed by atoms with Gasteiger partial charge in [-0.05, 0) is 47.6 Å². The maximum atomic E-state index is 13.2. The van der Waals surface area contributed by atoms with E-state index in [9.17, 15) is 14.7 Å². The average Bonchev–Trinajstić information content (AvgIpc) is 3.23. The molecule has 3 aromatic carbocycles. The van der Waals surface area contributed by atoms with Crippen LogP contribution in [0.3, 0.4) is 0 Å².